The first-order valence-electron chi connectivity index (χ1n) is 7.18. The van der Waals surface area contributed by atoms with Crippen molar-refractivity contribution in [3.63, 3.8) is 0 Å². The van der Waals surface area contributed by atoms with Gasteiger partial charge in [-0.1, -0.05) is 31.2 Å². The summed E-state index contributed by atoms with van der Waals surface area (Å²) in [7, 11) is 0. The van der Waals surface area contributed by atoms with Gasteiger partial charge in [0.1, 0.15) is 0 Å². The van der Waals surface area contributed by atoms with Gasteiger partial charge in [0.2, 0.25) is 0 Å². The number of benzene rings is 1. The zero-order valence-electron chi connectivity index (χ0n) is 12.7. The van der Waals surface area contributed by atoms with Gasteiger partial charge >= 0.3 is 11.8 Å². The molecule has 0 bridgehead atoms. The molecule has 0 saturated carbocycles. The van der Waals surface area contributed by atoms with E-state index < -0.39 is 11.8 Å². The van der Waals surface area contributed by atoms with Gasteiger partial charge < -0.3 is 10.6 Å². The van der Waals surface area contributed by atoms with Gasteiger partial charge in [-0.15, -0.1) is 0 Å². The van der Waals surface area contributed by atoms with Crippen molar-refractivity contribution in [3.05, 3.63) is 59.4 Å². The Morgan fingerprint density at radius 3 is 2.64 bits per heavy atom. The summed E-state index contributed by atoms with van der Waals surface area (Å²) in [6.07, 6.45) is 4.09. The predicted octanol–water partition coefficient (Wildman–Crippen LogP) is 2.21. The summed E-state index contributed by atoms with van der Waals surface area (Å²) < 4.78 is 0. The van der Waals surface area contributed by atoms with Crippen LogP contribution in [0.1, 0.15) is 23.6 Å². The average Bonchev–Trinajstić information content (AvgIpc) is 2.55. The molecule has 1 aromatic heterocycles. The van der Waals surface area contributed by atoms with Gasteiger partial charge in [0, 0.05) is 24.6 Å². The highest BCUT2D eigenvalue weighted by atomic mass is 16.2. The Hall–Kier alpha value is -2.69. The molecule has 2 amide bonds. The Morgan fingerprint density at radius 2 is 1.95 bits per heavy atom. The molecule has 1 aromatic carbocycles. The van der Waals surface area contributed by atoms with E-state index in [0.717, 1.165) is 23.1 Å². The zero-order valence-corrected chi connectivity index (χ0v) is 12.7. The SMILES string of the molecule is CCc1cccc(C)c1NC(=O)C(=O)NCc1cccnc1. The maximum absolute atomic E-state index is 12.0. The average molecular weight is 297 g/mol. The summed E-state index contributed by atoms with van der Waals surface area (Å²) in [6, 6.07) is 9.40. The van der Waals surface area contributed by atoms with Crippen molar-refractivity contribution in [2.75, 3.05) is 5.32 Å². The van der Waals surface area contributed by atoms with Gasteiger partial charge in [0.15, 0.2) is 0 Å². The van der Waals surface area contributed by atoms with Crippen molar-refractivity contribution in [2.24, 2.45) is 0 Å². The number of amides is 2. The first-order chi connectivity index (χ1) is 10.6. The minimum absolute atomic E-state index is 0.272. The number of anilines is 1. The first kappa shape index (κ1) is 15.7. The molecule has 0 aliphatic rings. The van der Waals surface area contributed by atoms with E-state index in [1.165, 1.54) is 0 Å². The molecule has 0 aliphatic carbocycles. The Balaban J connectivity index is 1.99. The molecule has 0 aliphatic heterocycles. The van der Waals surface area contributed by atoms with Gasteiger partial charge in [-0.2, -0.15) is 0 Å². The summed E-state index contributed by atoms with van der Waals surface area (Å²) in [5.74, 6) is -1.32. The number of nitrogens with zero attached hydrogens (tertiary/aromatic N) is 1. The number of hydrogen-bond donors (Lipinski definition) is 2. The lowest BCUT2D eigenvalue weighted by molar-refractivity contribution is -0.136. The van der Waals surface area contributed by atoms with E-state index in [2.05, 4.69) is 15.6 Å². The van der Waals surface area contributed by atoms with E-state index in [4.69, 9.17) is 0 Å². The van der Waals surface area contributed by atoms with Gasteiger partial charge in [-0.25, -0.2) is 0 Å². The van der Waals surface area contributed by atoms with E-state index in [9.17, 15) is 9.59 Å². The number of carbonyl (C=O) groups excluding carboxylic acids is 2. The first-order valence-corrected chi connectivity index (χ1v) is 7.18. The third-order valence-corrected chi connectivity index (χ3v) is 3.36. The van der Waals surface area contributed by atoms with Crippen LogP contribution in [-0.2, 0) is 22.6 Å². The number of pyridine rings is 1. The van der Waals surface area contributed by atoms with Crippen LogP contribution in [0.4, 0.5) is 5.69 Å². The fraction of sp³-hybridized carbons (Fsp3) is 0.235. The van der Waals surface area contributed by atoms with Crippen LogP contribution in [0.2, 0.25) is 0 Å². The van der Waals surface area contributed by atoms with Crippen LogP contribution < -0.4 is 10.6 Å². The van der Waals surface area contributed by atoms with Crippen LogP contribution in [0, 0.1) is 6.92 Å². The quantitative estimate of drug-likeness (QED) is 0.850. The van der Waals surface area contributed by atoms with Crippen LogP contribution in [0.5, 0.6) is 0 Å². The molecule has 2 N–H and O–H groups in total. The molecule has 0 fully saturated rings. The number of para-hydroxylation sites is 1. The Morgan fingerprint density at radius 1 is 1.14 bits per heavy atom. The molecule has 5 nitrogen and oxygen atoms in total. The summed E-state index contributed by atoms with van der Waals surface area (Å²) in [5.41, 5.74) is 3.50. The molecule has 2 aromatic rings. The van der Waals surface area contributed by atoms with E-state index in [0.29, 0.717) is 5.69 Å². The molecule has 0 unspecified atom stereocenters. The molecule has 114 valence electrons. The Bertz CT molecular complexity index is 669. The molecule has 1 heterocycles. The zero-order chi connectivity index (χ0) is 15.9. The maximum atomic E-state index is 12.0. The van der Waals surface area contributed by atoms with Crippen molar-refractivity contribution in [1.82, 2.24) is 10.3 Å². The lowest BCUT2D eigenvalue weighted by Crippen LogP contribution is -2.35. The fourth-order valence-electron chi connectivity index (χ4n) is 2.14. The number of aryl methyl sites for hydroxylation is 2. The van der Waals surface area contributed by atoms with Gasteiger partial charge in [0.05, 0.1) is 0 Å². The highest BCUT2D eigenvalue weighted by Gasteiger charge is 2.15. The third-order valence-electron chi connectivity index (χ3n) is 3.36. The van der Waals surface area contributed by atoms with Crippen molar-refractivity contribution in [1.29, 1.82) is 0 Å². The smallest absolute Gasteiger partial charge is 0.313 e. The molecule has 22 heavy (non-hydrogen) atoms. The summed E-state index contributed by atoms with van der Waals surface area (Å²) in [6.45, 7) is 4.18. The van der Waals surface area contributed by atoms with Crippen LogP contribution in [0.3, 0.4) is 0 Å². The summed E-state index contributed by atoms with van der Waals surface area (Å²) in [4.78, 5) is 27.9. The van der Waals surface area contributed by atoms with Crippen molar-refractivity contribution < 1.29 is 9.59 Å². The minimum Gasteiger partial charge on any atom is -0.344 e. The van der Waals surface area contributed by atoms with Crippen LogP contribution in [0.15, 0.2) is 42.7 Å². The van der Waals surface area contributed by atoms with Crippen molar-refractivity contribution >= 4 is 17.5 Å². The molecule has 0 saturated heterocycles. The molecule has 5 heteroatoms. The van der Waals surface area contributed by atoms with E-state index in [-0.39, 0.29) is 6.54 Å². The molecular weight excluding hydrogens is 278 g/mol. The number of aromatic nitrogens is 1. The Kier molecular flexibility index (Phi) is 5.25. The molecular formula is C17H19N3O2. The van der Waals surface area contributed by atoms with E-state index in [1.54, 1.807) is 18.5 Å². The number of carbonyl (C=O) groups is 2. The van der Waals surface area contributed by atoms with E-state index >= 15 is 0 Å². The molecule has 0 spiro atoms. The van der Waals surface area contributed by atoms with Gasteiger partial charge in [-0.05, 0) is 36.1 Å². The predicted molar refractivity (Wildman–Crippen MR) is 85.3 cm³/mol. The van der Waals surface area contributed by atoms with Crippen LogP contribution in [-0.4, -0.2) is 16.8 Å². The molecule has 0 atom stereocenters. The van der Waals surface area contributed by atoms with E-state index in [1.807, 2.05) is 38.1 Å². The monoisotopic (exact) mass is 297 g/mol. The topological polar surface area (TPSA) is 71.1 Å². The molecule has 2 rings (SSSR count). The third kappa shape index (κ3) is 3.91. The Labute approximate surface area is 129 Å². The number of nitrogens with one attached hydrogen (secondary N) is 2. The largest absolute Gasteiger partial charge is 0.344 e. The van der Waals surface area contributed by atoms with Crippen molar-refractivity contribution in [3.8, 4) is 0 Å². The highest BCUT2D eigenvalue weighted by Crippen LogP contribution is 2.20. The molecule has 0 radical (unpaired) electrons. The van der Waals surface area contributed by atoms with Crippen LogP contribution >= 0.6 is 0 Å². The second-order valence-corrected chi connectivity index (χ2v) is 4.96. The van der Waals surface area contributed by atoms with Gasteiger partial charge in [-0.3, -0.25) is 14.6 Å². The standard InChI is InChI=1S/C17H19N3O2/c1-3-14-8-4-6-12(2)15(14)20-17(22)16(21)19-11-13-7-5-9-18-10-13/h4-10H,3,11H2,1-2H3,(H,19,21)(H,20,22). The highest BCUT2D eigenvalue weighted by molar-refractivity contribution is 6.39. The number of hydrogen-bond acceptors (Lipinski definition) is 3. The number of rotatable bonds is 4. The fourth-order valence-corrected chi connectivity index (χ4v) is 2.14. The normalized spacial score (nSPS) is 10.1. The summed E-state index contributed by atoms with van der Waals surface area (Å²) >= 11 is 0. The second kappa shape index (κ2) is 7.36. The van der Waals surface area contributed by atoms with Crippen molar-refractivity contribution in [2.45, 2.75) is 26.8 Å². The maximum Gasteiger partial charge on any atom is 0.313 e. The lowest BCUT2D eigenvalue weighted by Gasteiger charge is -2.12. The minimum atomic E-state index is -0.659. The van der Waals surface area contributed by atoms with Crippen LogP contribution in [0.25, 0.3) is 0 Å². The van der Waals surface area contributed by atoms with Gasteiger partial charge in [0.25, 0.3) is 0 Å². The summed E-state index contributed by atoms with van der Waals surface area (Å²) in [5, 5.41) is 5.28. The lowest BCUT2D eigenvalue weighted by atomic mass is 10.1. The second-order valence-electron chi connectivity index (χ2n) is 4.96.